The first-order valence-corrected chi connectivity index (χ1v) is 6.13. The van der Waals surface area contributed by atoms with E-state index in [1.165, 1.54) is 6.42 Å². The molecule has 3 rings (SSSR count). The minimum absolute atomic E-state index is 0.375. The van der Waals surface area contributed by atoms with Gasteiger partial charge in [0.15, 0.2) is 5.82 Å². The van der Waals surface area contributed by atoms with Crippen LogP contribution in [-0.2, 0) is 7.05 Å². The number of hydrogen-bond acceptors (Lipinski definition) is 4. The Morgan fingerprint density at radius 2 is 2.39 bits per heavy atom. The first-order chi connectivity index (χ1) is 8.79. The summed E-state index contributed by atoms with van der Waals surface area (Å²) in [6.07, 6.45) is 6.07. The number of imidazole rings is 1. The molecule has 6 nitrogen and oxygen atoms in total. The van der Waals surface area contributed by atoms with Crippen LogP contribution in [0.1, 0.15) is 24.6 Å². The molecule has 0 aliphatic carbocycles. The average Bonchev–Trinajstić information content (AvgIpc) is 3.08. The van der Waals surface area contributed by atoms with E-state index in [1.807, 2.05) is 23.9 Å². The van der Waals surface area contributed by atoms with Crippen molar-refractivity contribution in [2.45, 2.75) is 18.9 Å². The van der Waals surface area contributed by atoms with Gasteiger partial charge in [-0.25, -0.2) is 9.67 Å². The van der Waals surface area contributed by atoms with Crippen molar-refractivity contribution < 1.29 is 4.74 Å². The maximum atomic E-state index is 5.24. The number of hydrogen-bond donors (Lipinski definition) is 1. The highest BCUT2D eigenvalue weighted by Gasteiger charge is 2.21. The molecular weight excluding hydrogens is 230 g/mol. The molecule has 0 radical (unpaired) electrons. The van der Waals surface area contributed by atoms with E-state index >= 15 is 0 Å². The number of methoxy groups -OCH3 is 1. The number of aryl methyl sites for hydroxylation is 1. The van der Waals surface area contributed by atoms with Crippen LogP contribution in [0.25, 0.3) is 5.82 Å². The fourth-order valence-corrected chi connectivity index (χ4v) is 2.44. The minimum Gasteiger partial charge on any atom is -0.481 e. The predicted octanol–water partition coefficient (Wildman–Crippen LogP) is 1.04. The van der Waals surface area contributed by atoms with Crippen LogP contribution in [0.15, 0.2) is 18.6 Å². The number of ether oxygens (including phenoxy) is 1. The van der Waals surface area contributed by atoms with Gasteiger partial charge in [0, 0.05) is 19.2 Å². The second-order valence-corrected chi connectivity index (χ2v) is 4.51. The summed E-state index contributed by atoms with van der Waals surface area (Å²) in [6.45, 7) is 1.07. The third kappa shape index (κ3) is 1.78. The van der Waals surface area contributed by atoms with Crippen molar-refractivity contribution in [3.05, 3.63) is 24.3 Å². The fraction of sp³-hybridized carbons (Fsp3) is 0.500. The predicted molar refractivity (Wildman–Crippen MR) is 66.9 cm³/mol. The lowest BCUT2D eigenvalue weighted by Gasteiger charge is -2.11. The highest BCUT2D eigenvalue weighted by atomic mass is 16.5. The summed E-state index contributed by atoms with van der Waals surface area (Å²) in [5.74, 6) is 1.58. The van der Waals surface area contributed by atoms with Crippen molar-refractivity contribution in [1.29, 1.82) is 0 Å². The van der Waals surface area contributed by atoms with E-state index in [2.05, 4.69) is 15.4 Å². The van der Waals surface area contributed by atoms with Crippen molar-refractivity contribution in [2.75, 3.05) is 13.7 Å². The first kappa shape index (κ1) is 11.3. The van der Waals surface area contributed by atoms with Gasteiger partial charge in [-0.3, -0.25) is 4.57 Å². The number of nitrogens with zero attached hydrogens (tertiary/aromatic N) is 4. The molecule has 0 spiro atoms. The Morgan fingerprint density at radius 1 is 1.50 bits per heavy atom. The minimum atomic E-state index is 0.375. The number of rotatable bonds is 3. The molecule has 1 aliphatic heterocycles. The lowest BCUT2D eigenvalue weighted by Crippen LogP contribution is -2.16. The molecule has 3 heterocycles. The zero-order valence-corrected chi connectivity index (χ0v) is 10.6. The van der Waals surface area contributed by atoms with Crippen LogP contribution in [0.5, 0.6) is 5.88 Å². The second-order valence-electron chi connectivity index (χ2n) is 4.51. The standard InChI is InChI=1S/C12H17N5O/c1-16-12(18-2)6-11(15-16)17-8-13-7-10(17)9-4-3-5-14-9/h6-9,14H,3-5H2,1-2H3/t9-/m0/s1. The van der Waals surface area contributed by atoms with Crippen LogP contribution in [0.2, 0.25) is 0 Å². The van der Waals surface area contributed by atoms with Crippen molar-refractivity contribution in [3.63, 3.8) is 0 Å². The Bertz CT molecular complexity index is 538. The highest BCUT2D eigenvalue weighted by Crippen LogP contribution is 2.25. The van der Waals surface area contributed by atoms with Crippen molar-refractivity contribution in [1.82, 2.24) is 24.6 Å². The first-order valence-electron chi connectivity index (χ1n) is 6.13. The monoisotopic (exact) mass is 247 g/mol. The van der Waals surface area contributed by atoms with Gasteiger partial charge in [-0.15, -0.1) is 0 Å². The third-order valence-electron chi connectivity index (χ3n) is 3.36. The molecular formula is C12H17N5O. The molecule has 1 atom stereocenters. The Morgan fingerprint density at radius 3 is 3.06 bits per heavy atom. The molecule has 1 N–H and O–H groups in total. The molecule has 1 fully saturated rings. The summed E-state index contributed by atoms with van der Waals surface area (Å²) in [7, 11) is 3.51. The topological polar surface area (TPSA) is 56.9 Å². The quantitative estimate of drug-likeness (QED) is 0.880. The van der Waals surface area contributed by atoms with Gasteiger partial charge < -0.3 is 10.1 Å². The zero-order chi connectivity index (χ0) is 12.5. The molecule has 18 heavy (non-hydrogen) atoms. The lowest BCUT2D eigenvalue weighted by molar-refractivity contribution is 0.373. The Hall–Kier alpha value is -1.82. The van der Waals surface area contributed by atoms with Gasteiger partial charge in [0.1, 0.15) is 6.33 Å². The largest absolute Gasteiger partial charge is 0.481 e. The molecule has 0 bridgehead atoms. The van der Waals surface area contributed by atoms with Crippen LogP contribution in [0.4, 0.5) is 0 Å². The number of aromatic nitrogens is 4. The van der Waals surface area contributed by atoms with Crippen LogP contribution in [-0.4, -0.2) is 33.0 Å². The van der Waals surface area contributed by atoms with E-state index in [4.69, 9.17) is 4.74 Å². The van der Waals surface area contributed by atoms with E-state index in [0.717, 1.165) is 30.4 Å². The normalized spacial score (nSPS) is 19.3. The van der Waals surface area contributed by atoms with Crippen LogP contribution >= 0.6 is 0 Å². The fourth-order valence-electron chi connectivity index (χ4n) is 2.44. The van der Waals surface area contributed by atoms with Crippen LogP contribution in [0.3, 0.4) is 0 Å². The molecule has 1 saturated heterocycles. The van der Waals surface area contributed by atoms with Crippen molar-refractivity contribution >= 4 is 0 Å². The summed E-state index contributed by atoms with van der Waals surface area (Å²) in [5.41, 5.74) is 1.16. The molecule has 2 aromatic heterocycles. The molecule has 0 saturated carbocycles. The summed E-state index contributed by atoms with van der Waals surface area (Å²) in [6, 6.07) is 2.29. The molecule has 6 heteroatoms. The Labute approximate surface area is 106 Å². The smallest absolute Gasteiger partial charge is 0.213 e. The second kappa shape index (κ2) is 4.45. The summed E-state index contributed by atoms with van der Waals surface area (Å²) < 4.78 is 8.98. The number of nitrogens with one attached hydrogen (secondary N) is 1. The van der Waals surface area contributed by atoms with Crippen molar-refractivity contribution in [2.24, 2.45) is 7.05 Å². The maximum absolute atomic E-state index is 5.24. The molecule has 2 aromatic rings. The van der Waals surface area contributed by atoms with E-state index in [9.17, 15) is 0 Å². The van der Waals surface area contributed by atoms with E-state index in [1.54, 1.807) is 18.1 Å². The molecule has 96 valence electrons. The van der Waals surface area contributed by atoms with Crippen LogP contribution in [0, 0.1) is 0 Å². The summed E-state index contributed by atoms with van der Waals surface area (Å²) in [4.78, 5) is 4.24. The van der Waals surface area contributed by atoms with Gasteiger partial charge in [0.05, 0.1) is 19.0 Å². The van der Waals surface area contributed by atoms with Gasteiger partial charge in [-0.05, 0) is 19.4 Å². The highest BCUT2D eigenvalue weighted by molar-refractivity contribution is 5.31. The molecule has 0 aromatic carbocycles. The molecule has 1 aliphatic rings. The molecule has 0 unspecified atom stereocenters. The Balaban J connectivity index is 1.98. The van der Waals surface area contributed by atoms with E-state index in [-0.39, 0.29) is 0 Å². The van der Waals surface area contributed by atoms with Gasteiger partial charge in [0.2, 0.25) is 5.88 Å². The lowest BCUT2D eigenvalue weighted by atomic mass is 10.2. The maximum Gasteiger partial charge on any atom is 0.213 e. The van der Waals surface area contributed by atoms with E-state index < -0.39 is 0 Å². The average molecular weight is 247 g/mol. The van der Waals surface area contributed by atoms with Gasteiger partial charge in [0.25, 0.3) is 0 Å². The summed E-state index contributed by atoms with van der Waals surface area (Å²) >= 11 is 0. The van der Waals surface area contributed by atoms with Gasteiger partial charge in [-0.1, -0.05) is 0 Å². The molecule has 0 amide bonds. The van der Waals surface area contributed by atoms with Gasteiger partial charge >= 0.3 is 0 Å². The van der Waals surface area contributed by atoms with Gasteiger partial charge in [-0.2, -0.15) is 5.10 Å². The zero-order valence-electron chi connectivity index (χ0n) is 10.6. The van der Waals surface area contributed by atoms with Crippen LogP contribution < -0.4 is 10.1 Å². The van der Waals surface area contributed by atoms with E-state index in [0.29, 0.717) is 6.04 Å². The SMILES string of the molecule is COc1cc(-n2cncc2[C@@H]2CCCN2)nn1C. The summed E-state index contributed by atoms with van der Waals surface area (Å²) in [5, 5.41) is 7.92. The van der Waals surface area contributed by atoms with Crippen molar-refractivity contribution in [3.8, 4) is 11.7 Å². The Kier molecular flexibility index (Phi) is 2.79. The third-order valence-corrected chi connectivity index (χ3v) is 3.36.